The van der Waals surface area contributed by atoms with Crippen molar-refractivity contribution in [2.24, 2.45) is 0 Å². The number of rotatable bonds is 3. The van der Waals surface area contributed by atoms with E-state index in [-0.39, 0.29) is 0 Å². The molecular weight excluding hydrogens is 246 g/mol. The van der Waals surface area contributed by atoms with Crippen molar-refractivity contribution in [1.82, 2.24) is 19.5 Å². The molecule has 2 aromatic rings. The molecular formula is C12H17N5S. The molecule has 0 radical (unpaired) electrons. The highest BCUT2D eigenvalue weighted by atomic mass is 32.1. The predicted octanol–water partition coefficient (Wildman–Crippen LogP) is 1.75. The molecule has 0 amide bonds. The van der Waals surface area contributed by atoms with Crippen molar-refractivity contribution in [3.63, 3.8) is 0 Å². The van der Waals surface area contributed by atoms with E-state index >= 15 is 0 Å². The van der Waals surface area contributed by atoms with Crippen LogP contribution in [0.3, 0.4) is 0 Å². The number of hydrogen-bond donors (Lipinski definition) is 1. The van der Waals surface area contributed by atoms with Crippen molar-refractivity contribution in [1.29, 1.82) is 0 Å². The Labute approximate surface area is 110 Å². The first-order valence-corrected chi connectivity index (χ1v) is 7.43. The van der Waals surface area contributed by atoms with Crippen molar-refractivity contribution in [3.8, 4) is 0 Å². The highest BCUT2D eigenvalue weighted by molar-refractivity contribution is 7.20. The molecule has 2 fully saturated rings. The van der Waals surface area contributed by atoms with Gasteiger partial charge in [0.25, 0.3) is 0 Å². The third-order valence-electron chi connectivity index (χ3n) is 3.77. The lowest BCUT2D eigenvalue weighted by Gasteiger charge is -2.14. The van der Waals surface area contributed by atoms with Gasteiger partial charge in [0, 0.05) is 25.2 Å². The van der Waals surface area contributed by atoms with E-state index in [0.29, 0.717) is 6.04 Å². The number of imidazole rings is 1. The SMILES string of the molecule is Cc1cn2nc(N[C@@H]3CCN(C4CC4)C3)sc2n1. The van der Waals surface area contributed by atoms with Crippen LogP contribution in [0.5, 0.6) is 0 Å². The average Bonchev–Trinajstić information content (AvgIpc) is 2.83. The molecule has 0 bridgehead atoms. The van der Waals surface area contributed by atoms with E-state index in [1.807, 2.05) is 17.6 Å². The first kappa shape index (κ1) is 10.8. The Balaban J connectivity index is 1.45. The number of anilines is 1. The van der Waals surface area contributed by atoms with Crippen molar-refractivity contribution in [2.75, 3.05) is 18.4 Å². The van der Waals surface area contributed by atoms with E-state index in [2.05, 4.69) is 20.3 Å². The largest absolute Gasteiger partial charge is 0.356 e. The maximum atomic E-state index is 4.53. The number of likely N-dealkylation sites (tertiary alicyclic amines) is 1. The van der Waals surface area contributed by atoms with Crippen LogP contribution >= 0.6 is 11.3 Å². The molecule has 0 unspecified atom stereocenters. The van der Waals surface area contributed by atoms with E-state index in [4.69, 9.17) is 0 Å². The van der Waals surface area contributed by atoms with Gasteiger partial charge < -0.3 is 5.32 Å². The lowest BCUT2D eigenvalue weighted by molar-refractivity contribution is 0.326. The molecule has 1 atom stereocenters. The van der Waals surface area contributed by atoms with Crippen molar-refractivity contribution < 1.29 is 0 Å². The zero-order chi connectivity index (χ0) is 12.1. The Morgan fingerprint density at radius 2 is 2.28 bits per heavy atom. The standard InChI is InChI=1S/C12H17N5S/c1-8-6-17-12(13-8)18-11(15-17)14-9-4-5-16(7-9)10-2-3-10/h6,9-10H,2-5,7H2,1H3,(H,14,15)/t9-/m1/s1. The Morgan fingerprint density at radius 3 is 3.06 bits per heavy atom. The molecule has 1 N–H and O–H groups in total. The van der Waals surface area contributed by atoms with Crippen LogP contribution < -0.4 is 5.32 Å². The van der Waals surface area contributed by atoms with Gasteiger partial charge in [-0.3, -0.25) is 4.90 Å². The lowest BCUT2D eigenvalue weighted by Crippen LogP contribution is -2.27. The fourth-order valence-electron chi connectivity index (χ4n) is 2.72. The lowest BCUT2D eigenvalue weighted by atomic mass is 10.3. The molecule has 6 heteroatoms. The summed E-state index contributed by atoms with van der Waals surface area (Å²) in [5.74, 6) is 0. The number of nitrogens with one attached hydrogen (secondary N) is 1. The number of nitrogens with zero attached hydrogens (tertiary/aromatic N) is 4. The van der Waals surface area contributed by atoms with Crippen molar-refractivity contribution in [2.45, 2.75) is 38.3 Å². The van der Waals surface area contributed by atoms with Gasteiger partial charge in [0.1, 0.15) is 0 Å². The van der Waals surface area contributed by atoms with Gasteiger partial charge >= 0.3 is 0 Å². The van der Waals surface area contributed by atoms with Gasteiger partial charge in [-0.1, -0.05) is 11.3 Å². The molecule has 2 aliphatic rings. The second-order valence-electron chi connectivity index (χ2n) is 5.37. The minimum Gasteiger partial charge on any atom is -0.356 e. The smallest absolute Gasteiger partial charge is 0.214 e. The summed E-state index contributed by atoms with van der Waals surface area (Å²) in [6, 6.07) is 1.44. The quantitative estimate of drug-likeness (QED) is 0.916. The van der Waals surface area contributed by atoms with Gasteiger partial charge in [0.05, 0.1) is 11.9 Å². The third kappa shape index (κ3) is 1.89. The molecule has 0 aromatic carbocycles. The van der Waals surface area contributed by atoms with E-state index in [9.17, 15) is 0 Å². The Kier molecular flexibility index (Phi) is 2.35. The molecule has 1 saturated heterocycles. The Bertz CT molecular complexity index is 539. The van der Waals surface area contributed by atoms with Crippen LogP contribution in [0.25, 0.3) is 4.96 Å². The molecule has 4 rings (SSSR count). The zero-order valence-electron chi connectivity index (χ0n) is 10.5. The van der Waals surface area contributed by atoms with Crippen LogP contribution in [-0.2, 0) is 0 Å². The summed E-state index contributed by atoms with van der Waals surface area (Å²) >= 11 is 1.64. The molecule has 1 aliphatic heterocycles. The van der Waals surface area contributed by atoms with Crippen LogP contribution in [0.1, 0.15) is 25.0 Å². The summed E-state index contributed by atoms with van der Waals surface area (Å²) in [7, 11) is 0. The van der Waals surface area contributed by atoms with E-state index in [0.717, 1.165) is 21.8 Å². The fourth-order valence-corrected chi connectivity index (χ4v) is 3.62. The van der Waals surface area contributed by atoms with Gasteiger partial charge in [0.2, 0.25) is 10.1 Å². The summed E-state index contributed by atoms with van der Waals surface area (Å²) in [5, 5.41) is 9.08. The monoisotopic (exact) mass is 263 g/mol. The molecule has 1 saturated carbocycles. The summed E-state index contributed by atoms with van der Waals surface area (Å²) in [6.45, 7) is 4.41. The Morgan fingerprint density at radius 1 is 1.39 bits per heavy atom. The van der Waals surface area contributed by atoms with E-state index < -0.39 is 0 Å². The number of hydrogen-bond acceptors (Lipinski definition) is 5. The molecule has 1 aliphatic carbocycles. The molecule has 18 heavy (non-hydrogen) atoms. The maximum absolute atomic E-state index is 4.53. The van der Waals surface area contributed by atoms with Gasteiger partial charge in [-0.25, -0.2) is 9.50 Å². The van der Waals surface area contributed by atoms with Crippen LogP contribution in [0.15, 0.2) is 6.20 Å². The highest BCUT2D eigenvalue weighted by Crippen LogP contribution is 2.31. The highest BCUT2D eigenvalue weighted by Gasteiger charge is 2.34. The minimum atomic E-state index is 0.558. The minimum absolute atomic E-state index is 0.558. The van der Waals surface area contributed by atoms with Crippen LogP contribution in [-0.4, -0.2) is 44.7 Å². The molecule has 0 spiro atoms. The second kappa shape index (κ2) is 3.93. The first-order valence-electron chi connectivity index (χ1n) is 6.61. The number of aromatic nitrogens is 3. The summed E-state index contributed by atoms with van der Waals surface area (Å²) in [5.41, 5.74) is 1.03. The normalized spacial score (nSPS) is 25.1. The molecule has 96 valence electrons. The second-order valence-corrected chi connectivity index (χ2v) is 6.33. The first-order chi connectivity index (χ1) is 8.78. The van der Waals surface area contributed by atoms with Gasteiger partial charge in [-0.05, 0) is 26.2 Å². The predicted molar refractivity (Wildman–Crippen MR) is 72.2 cm³/mol. The molecule has 3 heterocycles. The molecule has 5 nitrogen and oxygen atoms in total. The number of aryl methyl sites for hydroxylation is 1. The van der Waals surface area contributed by atoms with Crippen molar-refractivity contribution in [3.05, 3.63) is 11.9 Å². The maximum Gasteiger partial charge on any atom is 0.214 e. The van der Waals surface area contributed by atoms with Crippen molar-refractivity contribution >= 4 is 21.4 Å². The van der Waals surface area contributed by atoms with Crippen LogP contribution in [0.4, 0.5) is 5.13 Å². The zero-order valence-corrected chi connectivity index (χ0v) is 11.3. The van der Waals surface area contributed by atoms with Gasteiger partial charge in [0.15, 0.2) is 0 Å². The topological polar surface area (TPSA) is 45.5 Å². The Hall–Kier alpha value is -1.14. The van der Waals surface area contributed by atoms with Crippen LogP contribution in [0, 0.1) is 6.92 Å². The van der Waals surface area contributed by atoms with Crippen LogP contribution in [0.2, 0.25) is 0 Å². The molecule has 2 aromatic heterocycles. The van der Waals surface area contributed by atoms with Gasteiger partial charge in [-0.2, -0.15) is 0 Å². The summed E-state index contributed by atoms with van der Waals surface area (Å²) in [4.78, 5) is 8.02. The fraction of sp³-hybridized carbons (Fsp3) is 0.667. The van der Waals surface area contributed by atoms with E-state index in [1.54, 1.807) is 11.3 Å². The third-order valence-corrected chi connectivity index (χ3v) is 4.63. The van der Waals surface area contributed by atoms with E-state index in [1.165, 1.54) is 32.4 Å². The van der Waals surface area contributed by atoms with Gasteiger partial charge in [-0.15, -0.1) is 5.10 Å². The summed E-state index contributed by atoms with van der Waals surface area (Å²) in [6.07, 6.45) is 6.01. The number of fused-ring (bicyclic) bond motifs is 1. The average molecular weight is 263 g/mol. The summed E-state index contributed by atoms with van der Waals surface area (Å²) < 4.78 is 1.87.